The molecule has 37 heavy (non-hydrogen) atoms. The van der Waals surface area contributed by atoms with Crippen molar-refractivity contribution in [2.24, 2.45) is 5.10 Å². The predicted octanol–water partition coefficient (Wildman–Crippen LogP) is 5.57. The van der Waals surface area contributed by atoms with Crippen LogP contribution in [0.4, 0.5) is 10.1 Å². The maximum Gasteiger partial charge on any atom is 0.311 e. The van der Waals surface area contributed by atoms with Gasteiger partial charge < -0.3 is 4.74 Å². The fourth-order valence-corrected chi connectivity index (χ4v) is 3.81. The Morgan fingerprint density at radius 2 is 1.68 bits per heavy atom. The highest BCUT2D eigenvalue weighted by Crippen LogP contribution is 2.31. The molecule has 1 heterocycles. The Morgan fingerprint density at radius 1 is 0.946 bits per heavy atom. The molecule has 8 nitrogen and oxygen atoms in total. The minimum Gasteiger partial charge on any atom is -0.481 e. The summed E-state index contributed by atoms with van der Waals surface area (Å²) >= 11 is 0. The summed E-state index contributed by atoms with van der Waals surface area (Å²) in [7, 11) is 0. The number of hydrogen-bond donors (Lipinski definition) is 0. The number of halogens is 1. The number of nitro benzene ring substituents is 1. The van der Waals surface area contributed by atoms with E-state index in [2.05, 4.69) is 10.1 Å². The van der Waals surface area contributed by atoms with E-state index in [1.807, 2.05) is 30.3 Å². The summed E-state index contributed by atoms with van der Waals surface area (Å²) in [5.74, 6) is -0.102. The molecule has 9 heteroatoms. The number of aromatic nitrogens is 2. The van der Waals surface area contributed by atoms with Gasteiger partial charge in [-0.1, -0.05) is 60.7 Å². The number of benzene rings is 4. The van der Waals surface area contributed by atoms with Crippen LogP contribution in [-0.4, -0.2) is 20.8 Å². The summed E-state index contributed by atoms with van der Waals surface area (Å²) in [4.78, 5) is 29.2. The Bertz CT molecular complexity index is 1680. The molecular formula is C28H19FN4O4. The van der Waals surface area contributed by atoms with Crippen LogP contribution in [0.2, 0.25) is 0 Å². The molecule has 0 unspecified atom stereocenters. The van der Waals surface area contributed by atoms with Gasteiger partial charge in [0.15, 0.2) is 5.82 Å². The van der Waals surface area contributed by atoms with E-state index in [1.165, 1.54) is 47.3 Å². The maximum absolute atomic E-state index is 13.4. The zero-order valence-corrected chi connectivity index (χ0v) is 19.3. The van der Waals surface area contributed by atoms with Crippen LogP contribution in [-0.2, 0) is 6.61 Å². The van der Waals surface area contributed by atoms with Gasteiger partial charge in [0.1, 0.15) is 12.4 Å². The van der Waals surface area contributed by atoms with Gasteiger partial charge in [-0.05, 0) is 35.9 Å². The second kappa shape index (κ2) is 10.2. The van der Waals surface area contributed by atoms with Crippen molar-refractivity contribution in [2.45, 2.75) is 6.61 Å². The first kappa shape index (κ1) is 23.6. The lowest BCUT2D eigenvalue weighted by Crippen LogP contribution is -2.20. The quantitative estimate of drug-likeness (QED) is 0.167. The van der Waals surface area contributed by atoms with Crippen LogP contribution in [0.25, 0.3) is 22.3 Å². The first-order valence-electron chi connectivity index (χ1n) is 11.3. The fourth-order valence-electron chi connectivity index (χ4n) is 3.81. The van der Waals surface area contributed by atoms with Crippen molar-refractivity contribution in [3.8, 4) is 17.1 Å². The van der Waals surface area contributed by atoms with E-state index in [9.17, 15) is 19.3 Å². The van der Waals surface area contributed by atoms with Crippen LogP contribution in [0.3, 0.4) is 0 Å². The van der Waals surface area contributed by atoms with Crippen LogP contribution in [0.1, 0.15) is 11.1 Å². The molecule has 0 saturated heterocycles. The van der Waals surface area contributed by atoms with Gasteiger partial charge in [-0.3, -0.25) is 14.9 Å². The van der Waals surface area contributed by atoms with Gasteiger partial charge in [0.25, 0.3) is 5.56 Å². The lowest BCUT2D eigenvalue weighted by Gasteiger charge is -2.11. The van der Waals surface area contributed by atoms with Gasteiger partial charge in [0.05, 0.1) is 22.0 Å². The number of ether oxygens (including phenoxy) is 1. The largest absolute Gasteiger partial charge is 0.481 e. The van der Waals surface area contributed by atoms with Crippen LogP contribution in [0, 0.1) is 15.9 Å². The van der Waals surface area contributed by atoms with Crippen molar-refractivity contribution < 1.29 is 14.1 Å². The van der Waals surface area contributed by atoms with Crippen molar-refractivity contribution >= 4 is 22.8 Å². The molecule has 5 rings (SSSR count). The molecule has 0 aliphatic carbocycles. The maximum atomic E-state index is 13.4. The summed E-state index contributed by atoms with van der Waals surface area (Å²) < 4.78 is 20.2. The summed E-state index contributed by atoms with van der Waals surface area (Å²) in [5.41, 5.74) is 1.46. The number of hydrogen-bond acceptors (Lipinski definition) is 6. The molecule has 1 aromatic heterocycles. The molecule has 0 bridgehead atoms. The van der Waals surface area contributed by atoms with Crippen molar-refractivity contribution in [1.29, 1.82) is 0 Å². The van der Waals surface area contributed by atoms with Crippen LogP contribution in [0.5, 0.6) is 5.75 Å². The summed E-state index contributed by atoms with van der Waals surface area (Å²) in [6, 6.07) is 26.1. The minimum atomic E-state index is -0.559. The third kappa shape index (κ3) is 4.96. The Morgan fingerprint density at radius 3 is 2.43 bits per heavy atom. The van der Waals surface area contributed by atoms with Gasteiger partial charge in [-0.15, -0.1) is 0 Å². The van der Waals surface area contributed by atoms with E-state index in [-0.39, 0.29) is 29.2 Å². The van der Waals surface area contributed by atoms with Crippen molar-refractivity contribution in [3.05, 3.63) is 134 Å². The molecule has 0 saturated carbocycles. The molecule has 4 aromatic carbocycles. The standard InChI is InChI=1S/C28H19FN4O4/c29-22-15-13-19(14-16-22)18-37-26-21(9-6-12-25(26)33(35)36)17-30-32-27(20-7-2-1-3-8-20)31-24-11-5-4-10-23(24)28(32)34/h1-17H,18H2. The molecule has 0 aliphatic rings. The minimum absolute atomic E-state index is 0.0244. The molecule has 0 radical (unpaired) electrons. The van der Waals surface area contributed by atoms with Crippen LogP contribution >= 0.6 is 0 Å². The third-order valence-electron chi connectivity index (χ3n) is 5.62. The Balaban J connectivity index is 1.60. The molecule has 0 amide bonds. The second-order valence-corrected chi connectivity index (χ2v) is 8.05. The smallest absolute Gasteiger partial charge is 0.311 e. The first-order chi connectivity index (χ1) is 18.0. The van der Waals surface area contributed by atoms with Crippen molar-refractivity contribution in [2.75, 3.05) is 0 Å². The van der Waals surface area contributed by atoms with E-state index < -0.39 is 10.7 Å². The molecule has 0 atom stereocenters. The Labute approximate surface area is 210 Å². The zero-order chi connectivity index (χ0) is 25.8. The van der Waals surface area contributed by atoms with Crippen LogP contribution in [0.15, 0.2) is 107 Å². The number of rotatable bonds is 7. The lowest BCUT2D eigenvalue weighted by molar-refractivity contribution is -0.385. The molecule has 5 aromatic rings. The molecule has 0 spiro atoms. The molecular weight excluding hydrogens is 475 g/mol. The fraction of sp³-hybridized carbons (Fsp3) is 0.0357. The normalized spacial score (nSPS) is 11.2. The highest BCUT2D eigenvalue weighted by molar-refractivity contribution is 5.86. The topological polar surface area (TPSA) is 99.6 Å². The number of nitro groups is 1. The van der Waals surface area contributed by atoms with Crippen molar-refractivity contribution in [1.82, 2.24) is 9.66 Å². The summed E-state index contributed by atoms with van der Waals surface area (Å²) in [6.07, 6.45) is 1.33. The molecule has 182 valence electrons. The number of fused-ring (bicyclic) bond motifs is 1. The van der Waals surface area contributed by atoms with E-state index in [4.69, 9.17) is 4.74 Å². The summed E-state index contributed by atoms with van der Waals surface area (Å²) in [6.45, 7) is -0.0291. The highest BCUT2D eigenvalue weighted by atomic mass is 19.1. The molecule has 0 aliphatic heterocycles. The predicted molar refractivity (Wildman–Crippen MR) is 138 cm³/mol. The third-order valence-corrected chi connectivity index (χ3v) is 5.62. The SMILES string of the molecule is O=c1c2ccccc2nc(-c2ccccc2)n1N=Cc1cccc([N+](=O)[O-])c1OCc1ccc(F)cc1. The number of nitrogens with zero attached hydrogens (tertiary/aromatic N) is 4. The Kier molecular flexibility index (Phi) is 6.50. The zero-order valence-electron chi connectivity index (χ0n) is 19.3. The van der Waals surface area contributed by atoms with Gasteiger partial charge >= 0.3 is 5.69 Å². The van der Waals surface area contributed by atoms with Crippen LogP contribution < -0.4 is 10.3 Å². The summed E-state index contributed by atoms with van der Waals surface area (Å²) in [5, 5.41) is 16.5. The van der Waals surface area contributed by atoms with Gasteiger partial charge in [-0.25, -0.2) is 9.37 Å². The molecule has 0 fully saturated rings. The second-order valence-electron chi connectivity index (χ2n) is 8.05. The van der Waals surface area contributed by atoms with E-state index in [0.29, 0.717) is 27.9 Å². The highest BCUT2D eigenvalue weighted by Gasteiger charge is 2.19. The average molecular weight is 494 g/mol. The van der Waals surface area contributed by atoms with E-state index in [1.54, 1.807) is 30.3 Å². The van der Waals surface area contributed by atoms with E-state index >= 15 is 0 Å². The Hall–Kier alpha value is -5.18. The lowest BCUT2D eigenvalue weighted by atomic mass is 10.2. The average Bonchev–Trinajstić information content (AvgIpc) is 2.92. The van der Waals surface area contributed by atoms with Crippen molar-refractivity contribution in [3.63, 3.8) is 0 Å². The number of para-hydroxylation sites is 2. The van der Waals surface area contributed by atoms with Gasteiger partial charge in [0.2, 0.25) is 5.75 Å². The molecule has 0 N–H and O–H groups in total. The monoisotopic (exact) mass is 494 g/mol. The van der Waals surface area contributed by atoms with E-state index in [0.717, 1.165) is 0 Å². The first-order valence-corrected chi connectivity index (χ1v) is 11.3. The van der Waals surface area contributed by atoms with Gasteiger partial charge in [-0.2, -0.15) is 9.78 Å². The van der Waals surface area contributed by atoms with Gasteiger partial charge in [0, 0.05) is 17.2 Å².